The molecule has 0 amide bonds. The zero-order chi connectivity index (χ0) is 14.7. The number of nitrogen functional groups attached to an aromatic ring is 1. The van der Waals surface area contributed by atoms with Crippen molar-refractivity contribution < 1.29 is 4.74 Å². The van der Waals surface area contributed by atoms with Crippen molar-refractivity contribution in [3.63, 3.8) is 0 Å². The quantitative estimate of drug-likeness (QED) is 0.594. The molecule has 0 saturated heterocycles. The van der Waals surface area contributed by atoms with Gasteiger partial charge in [0.1, 0.15) is 5.84 Å². The summed E-state index contributed by atoms with van der Waals surface area (Å²) in [6, 6.07) is 6.68. The Bertz CT molecular complexity index is 483. The number of benzene rings is 1. The summed E-state index contributed by atoms with van der Waals surface area (Å²) in [6.07, 6.45) is 2.66. The summed E-state index contributed by atoms with van der Waals surface area (Å²) in [5.74, 6) is 0.937. The van der Waals surface area contributed by atoms with Crippen LogP contribution >= 0.6 is 0 Å². The van der Waals surface area contributed by atoms with Crippen LogP contribution in [0.1, 0.15) is 30.9 Å². The van der Waals surface area contributed by atoms with Crippen LogP contribution < -0.4 is 10.6 Å². The smallest absolute Gasteiger partial charge is 0.123 e. The normalized spacial score (nSPS) is 15.9. The van der Waals surface area contributed by atoms with Crippen molar-refractivity contribution >= 4 is 11.5 Å². The molecule has 3 N–H and O–H groups in total. The van der Waals surface area contributed by atoms with E-state index >= 15 is 0 Å². The van der Waals surface area contributed by atoms with E-state index in [1.165, 1.54) is 18.5 Å². The van der Waals surface area contributed by atoms with Gasteiger partial charge in [-0.2, -0.15) is 0 Å². The minimum absolute atomic E-state index is 0.132. The zero-order valence-electron chi connectivity index (χ0n) is 12.6. The molecule has 0 radical (unpaired) electrons. The summed E-state index contributed by atoms with van der Waals surface area (Å²) in [4.78, 5) is 2.41. The third-order valence-electron chi connectivity index (χ3n) is 4.16. The van der Waals surface area contributed by atoms with Gasteiger partial charge in [0.25, 0.3) is 0 Å². The maximum atomic E-state index is 7.57. The summed E-state index contributed by atoms with van der Waals surface area (Å²) in [6.45, 7) is 5.93. The number of rotatable bonds is 7. The van der Waals surface area contributed by atoms with Crippen LogP contribution in [-0.2, 0) is 4.74 Å². The average Bonchev–Trinajstić information content (AvgIpc) is 3.22. The summed E-state index contributed by atoms with van der Waals surface area (Å²) in [5.41, 5.74) is 8.66. The predicted molar refractivity (Wildman–Crippen MR) is 83.6 cm³/mol. The number of nitrogens with two attached hydrogens (primary N) is 1. The highest BCUT2D eigenvalue weighted by molar-refractivity contribution is 5.96. The number of aryl methyl sites for hydroxylation is 1. The van der Waals surface area contributed by atoms with Gasteiger partial charge in [-0.3, -0.25) is 5.41 Å². The highest BCUT2D eigenvalue weighted by Crippen LogP contribution is 2.37. The lowest BCUT2D eigenvalue weighted by Crippen LogP contribution is -2.37. The van der Waals surface area contributed by atoms with Gasteiger partial charge in [-0.05, 0) is 56.4 Å². The Hall–Kier alpha value is -1.55. The standard InChI is InChI=1S/C16H25N3O/c1-11-10-14(6-7-15(11)16(17)18)19(8-9-20-3)12(2)13-4-5-13/h6-7,10,12-13H,4-5,8-9H2,1-3H3,(H3,17,18). The Kier molecular flexibility index (Phi) is 4.65. The van der Waals surface area contributed by atoms with Gasteiger partial charge in [0.15, 0.2) is 0 Å². The van der Waals surface area contributed by atoms with Crippen LogP contribution in [0.2, 0.25) is 0 Å². The Labute approximate surface area is 121 Å². The van der Waals surface area contributed by atoms with Crippen molar-refractivity contribution in [1.82, 2.24) is 0 Å². The van der Waals surface area contributed by atoms with E-state index in [0.717, 1.165) is 30.2 Å². The minimum Gasteiger partial charge on any atom is -0.384 e. The first-order valence-electron chi connectivity index (χ1n) is 7.25. The zero-order valence-corrected chi connectivity index (χ0v) is 12.6. The monoisotopic (exact) mass is 275 g/mol. The Morgan fingerprint density at radius 2 is 2.20 bits per heavy atom. The highest BCUT2D eigenvalue weighted by Gasteiger charge is 2.32. The van der Waals surface area contributed by atoms with Crippen molar-refractivity contribution in [2.45, 2.75) is 32.7 Å². The van der Waals surface area contributed by atoms with Gasteiger partial charge in [-0.15, -0.1) is 0 Å². The van der Waals surface area contributed by atoms with Crippen LogP contribution in [0.15, 0.2) is 18.2 Å². The van der Waals surface area contributed by atoms with Gasteiger partial charge in [0, 0.05) is 30.9 Å². The summed E-state index contributed by atoms with van der Waals surface area (Å²) >= 11 is 0. The molecule has 1 aliphatic rings. The predicted octanol–water partition coefficient (Wildman–Crippen LogP) is 2.53. The molecule has 1 atom stereocenters. The molecule has 1 unspecified atom stereocenters. The van der Waals surface area contributed by atoms with Gasteiger partial charge < -0.3 is 15.4 Å². The molecule has 20 heavy (non-hydrogen) atoms. The largest absolute Gasteiger partial charge is 0.384 e. The molecule has 0 heterocycles. The van der Waals surface area contributed by atoms with Gasteiger partial charge >= 0.3 is 0 Å². The number of hydrogen-bond acceptors (Lipinski definition) is 3. The fourth-order valence-corrected chi connectivity index (χ4v) is 2.72. The Morgan fingerprint density at radius 1 is 1.50 bits per heavy atom. The third-order valence-corrected chi connectivity index (χ3v) is 4.16. The van der Waals surface area contributed by atoms with Gasteiger partial charge in [-0.25, -0.2) is 0 Å². The van der Waals surface area contributed by atoms with E-state index in [0.29, 0.717) is 6.04 Å². The molecule has 1 aromatic carbocycles. The van der Waals surface area contributed by atoms with Crippen molar-refractivity contribution in [2.24, 2.45) is 11.7 Å². The number of nitrogens with one attached hydrogen (secondary N) is 1. The van der Waals surface area contributed by atoms with E-state index in [-0.39, 0.29) is 5.84 Å². The van der Waals surface area contributed by atoms with Crippen LogP contribution in [-0.4, -0.2) is 32.1 Å². The van der Waals surface area contributed by atoms with Crippen LogP contribution in [0, 0.1) is 18.3 Å². The van der Waals surface area contributed by atoms with Crippen LogP contribution in [0.4, 0.5) is 5.69 Å². The molecule has 4 heteroatoms. The first kappa shape index (κ1) is 14.9. The second kappa shape index (κ2) is 6.27. The number of hydrogen-bond donors (Lipinski definition) is 2. The van der Waals surface area contributed by atoms with E-state index in [4.69, 9.17) is 15.9 Å². The second-order valence-electron chi connectivity index (χ2n) is 5.68. The maximum Gasteiger partial charge on any atom is 0.123 e. The average molecular weight is 275 g/mol. The molecule has 1 aliphatic carbocycles. The lowest BCUT2D eigenvalue weighted by Gasteiger charge is -2.32. The molecule has 1 aromatic rings. The maximum absolute atomic E-state index is 7.57. The van der Waals surface area contributed by atoms with Crippen molar-refractivity contribution in [2.75, 3.05) is 25.2 Å². The summed E-state index contributed by atoms with van der Waals surface area (Å²) in [7, 11) is 1.74. The highest BCUT2D eigenvalue weighted by atomic mass is 16.5. The topological polar surface area (TPSA) is 62.3 Å². The Balaban J connectivity index is 2.23. The molecule has 1 fully saturated rings. The molecule has 4 nitrogen and oxygen atoms in total. The molecule has 0 bridgehead atoms. The van der Waals surface area contributed by atoms with E-state index in [1.807, 2.05) is 13.0 Å². The molecule has 110 valence electrons. The fourth-order valence-electron chi connectivity index (χ4n) is 2.72. The first-order chi connectivity index (χ1) is 9.54. The molecular formula is C16H25N3O. The van der Waals surface area contributed by atoms with Gasteiger partial charge in [0.05, 0.1) is 6.61 Å². The minimum atomic E-state index is 0.132. The lowest BCUT2D eigenvalue weighted by atomic mass is 10.0. The molecule has 0 aromatic heterocycles. The number of nitrogens with zero attached hydrogens (tertiary/aromatic N) is 1. The summed E-state index contributed by atoms with van der Waals surface area (Å²) < 4.78 is 5.24. The van der Waals surface area contributed by atoms with E-state index < -0.39 is 0 Å². The van der Waals surface area contributed by atoms with Crippen molar-refractivity contribution in [3.05, 3.63) is 29.3 Å². The molecule has 1 saturated carbocycles. The SMILES string of the molecule is COCCN(c1ccc(C(=N)N)c(C)c1)C(C)C1CC1. The van der Waals surface area contributed by atoms with Crippen molar-refractivity contribution in [1.29, 1.82) is 5.41 Å². The first-order valence-corrected chi connectivity index (χ1v) is 7.25. The third kappa shape index (κ3) is 3.31. The van der Waals surface area contributed by atoms with E-state index in [9.17, 15) is 0 Å². The summed E-state index contributed by atoms with van der Waals surface area (Å²) in [5, 5.41) is 7.57. The molecule has 0 aliphatic heterocycles. The van der Waals surface area contributed by atoms with Crippen LogP contribution in [0.25, 0.3) is 0 Å². The second-order valence-corrected chi connectivity index (χ2v) is 5.68. The van der Waals surface area contributed by atoms with E-state index in [2.05, 4.69) is 24.0 Å². The number of ether oxygens (including phenoxy) is 1. The number of amidine groups is 1. The van der Waals surface area contributed by atoms with E-state index in [1.54, 1.807) is 7.11 Å². The van der Waals surface area contributed by atoms with Crippen LogP contribution in [0.5, 0.6) is 0 Å². The van der Waals surface area contributed by atoms with Gasteiger partial charge in [0.2, 0.25) is 0 Å². The Morgan fingerprint density at radius 3 is 2.70 bits per heavy atom. The number of methoxy groups -OCH3 is 1. The van der Waals surface area contributed by atoms with Crippen LogP contribution in [0.3, 0.4) is 0 Å². The number of anilines is 1. The van der Waals surface area contributed by atoms with Crippen molar-refractivity contribution in [3.8, 4) is 0 Å². The molecule has 2 rings (SSSR count). The lowest BCUT2D eigenvalue weighted by molar-refractivity contribution is 0.202. The molecular weight excluding hydrogens is 250 g/mol. The van der Waals surface area contributed by atoms with Gasteiger partial charge in [-0.1, -0.05) is 0 Å². The fraction of sp³-hybridized carbons (Fsp3) is 0.562. The molecule has 0 spiro atoms.